The Balaban J connectivity index is 1.52. The molecule has 0 spiro atoms. The normalized spacial score (nSPS) is 14.0. The molecule has 1 aliphatic heterocycles. The van der Waals surface area contributed by atoms with E-state index in [4.69, 9.17) is 0 Å². The van der Waals surface area contributed by atoms with Crippen LogP contribution >= 0.6 is 0 Å². The van der Waals surface area contributed by atoms with Crippen molar-refractivity contribution >= 4 is 17.5 Å². The molecule has 0 aliphatic carbocycles. The highest BCUT2D eigenvalue weighted by atomic mass is 19.1. The summed E-state index contributed by atoms with van der Waals surface area (Å²) in [6, 6.07) is 16.5. The number of carbonyl (C=O) groups is 2. The standard InChI is InChI=1S/C25H22F2N2O2/c1-16(17-4-9-21(26)10-5-17)28-24(30)20-8-13-23-19(15-20)3-2-14-29(23)25(31)18-6-11-22(27)12-7-18/h4-13,15-16H,2-3,14H2,1H3,(H,28,30)/t16-/m1/s1. The minimum atomic E-state index is -0.388. The van der Waals surface area contributed by atoms with Crippen molar-refractivity contribution in [3.8, 4) is 0 Å². The van der Waals surface area contributed by atoms with Crippen molar-refractivity contribution in [2.45, 2.75) is 25.8 Å². The van der Waals surface area contributed by atoms with E-state index in [1.54, 1.807) is 29.2 Å². The van der Waals surface area contributed by atoms with Crippen LogP contribution in [0.5, 0.6) is 0 Å². The zero-order valence-electron chi connectivity index (χ0n) is 17.1. The van der Waals surface area contributed by atoms with Gasteiger partial charge in [0.25, 0.3) is 11.8 Å². The minimum absolute atomic E-state index is 0.192. The lowest BCUT2D eigenvalue weighted by molar-refractivity contribution is 0.0939. The molecule has 6 heteroatoms. The predicted molar refractivity (Wildman–Crippen MR) is 115 cm³/mol. The van der Waals surface area contributed by atoms with Gasteiger partial charge in [-0.3, -0.25) is 9.59 Å². The third-order valence-electron chi connectivity index (χ3n) is 5.51. The fourth-order valence-electron chi connectivity index (χ4n) is 3.81. The summed E-state index contributed by atoms with van der Waals surface area (Å²) in [7, 11) is 0. The molecule has 0 aromatic heterocycles. The second kappa shape index (κ2) is 8.68. The number of nitrogens with zero attached hydrogens (tertiary/aromatic N) is 1. The number of amides is 2. The van der Waals surface area contributed by atoms with E-state index in [1.807, 2.05) is 13.0 Å². The van der Waals surface area contributed by atoms with Crippen molar-refractivity contribution in [3.63, 3.8) is 0 Å². The van der Waals surface area contributed by atoms with Crippen LogP contribution in [0.4, 0.5) is 14.5 Å². The average Bonchev–Trinajstić information content (AvgIpc) is 2.78. The number of rotatable bonds is 4. The fourth-order valence-corrected chi connectivity index (χ4v) is 3.81. The molecule has 0 unspecified atom stereocenters. The Hall–Kier alpha value is -3.54. The predicted octanol–water partition coefficient (Wildman–Crippen LogP) is 5.05. The van der Waals surface area contributed by atoms with Gasteiger partial charge in [-0.05, 0) is 85.5 Å². The summed E-state index contributed by atoms with van der Waals surface area (Å²) in [5.74, 6) is -1.14. The number of benzene rings is 3. The van der Waals surface area contributed by atoms with E-state index in [-0.39, 0.29) is 29.5 Å². The Morgan fingerprint density at radius 1 is 0.903 bits per heavy atom. The first-order valence-corrected chi connectivity index (χ1v) is 10.2. The van der Waals surface area contributed by atoms with E-state index < -0.39 is 0 Å². The number of carbonyl (C=O) groups excluding carboxylic acids is 2. The highest BCUT2D eigenvalue weighted by Gasteiger charge is 2.25. The quantitative estimate of drug-likeness (QED) is 0.642. The van der Waals surface area contributed by atoms with Crippen LogP contribution in [-0.2, 0) is 6.42 Å². The van der Waals surface area contributed by atoms with E-state index in [0.717, 1.165) is 29.7 Å². The van der Waals surface area contributed by atoms with Crippen LogP contribution in [0.25, 0.3) is 0 Å². The number of hydrogen-bond acceptors (Lipinski definition) is 2. The number of aryl methyl sites for hydroxylation is 1. The van der Waals surface area contributed by atoms with Crippen LogP contribution in [0.2, 0.25) is 0 Å². The molecule has 158 valence electrons. The van der Waals surface area contributed by atoms with Crippen molar-refractivity contribution in [3.05, 3.63) is 101 Å². The maximum atomic E-state index is 13.2. The number of nitrogens with one attached hydrogen (secondary N) is 1. The van der Waals surface area contributed by atoms with Crippen LogP contribution in [0.15, 0.2) is 66.7 Å². The maximum absolute atomic E-state index is 13.2. The molecule has 1 heterocycles. The van der Waals surface area contributed by atoms with E-state index in [9.17, 15) is 18.4 Å². The van der Waals surface area contributed by atoms with E-state index in [1.165, 1.54) is 36.4 Å². The molecule has 0 saturated carbocycles. The summed E-state index contributed by atoms with van der Waals surface area (Å²) in [4.78, 5) is 27.3. The zero-order chi connectivity index (χ0) is 22.0. The summed E-state index contributed by atoms with van der Waals surface area (Å²) >= 11 is 0. The van der Waals surface area contributed by atoms with Crippen LogP contribution in [0, 0.1) is 11.6 Å². The lowest BCUT2D eigenvalue weighted by atomic mass is 9.97. The molecule has 3 aromatic rings. The topological polar surface area (TPSA) is 49.4 Å². The monoisotopic (exact) mass is 420 g/mol. The van der Waals surface area contributed by atoms with Gasteiger partial charge in [-0.2, -0.15) is 0 Å². The van der Waals surface area contributed by atoms with Gasteiger partial charge in [0.2, 0.25) is 0 Å². The minimum Gasteiger partial charge on any atom is -0.346 e. The Kier molecular flexibility index (Phi) is 5.80. The third-order valence-corrected chi connectivity index (χ3v) is 5.51. The average molecular weight is 420 g/mol. The highest BCUT2D eigenvalue weighted by Crippen LogP contribution is 2.29. The van der Waals surface area contributed by atoms with Gasteiger partial charge < -0.3 is 10.2 Å². The van der Waals surface area contributed by atoms with E-state index >= 15 is 0 Å². The molecule has 0 radical (unpaired) electrons. The highest BCUT2D eigenvalue weighted by molar-refractivity contribution is 6.07. The molecule has 0 fully saturated rings. The third kappa shape index (κ3) is 4.48. The zero-order valence-corrected chi connectivity index (χ0v) is 17.1. The fraction of sp³-hybridized carbons (Fsp3) is 0.200. The van der Waals surface area contributed by atoms with Gasteiger partial charge in [0, 0.05) is 23.4 Å². The molecule has 0 bridgehead atoms. The number of anilines is 1. The van der Waals surface area contributed by atoms with Crippen molar-refractivity contribution in [2.24, 2.45) is 0 Å². The summed E-state index contributed by atoms with van der Waals surface area (Å²) in [6.45, 7) is 2.41. The van der Waals surface area contributed by atoms with Crippen LogP contribution in [0.3, 0.4) is 0 Å². The first-order chi connectivity index (χ1) is 14.9. The summed E-state index contributed by atoms with van der Waals surface area (Å²) in [6.07, 6.45) is 1.54. The smallest absolute Gasteiger partial charge is 0.258 e. The van der Waals surface area contributed by atoms with Crippen molar-refractivity contribution in [1.82, 2.24) is 5.32 Å². The van der Waals surface area contributed by atoms with Gasteiger partial charge in [0.15, 0.2) is 0 Å². The summed E-state index contributed by atoms with van der Waals surface area (Å²) in [5, 5.41) is 2.93. The maximum Gasteiger partial charge on any atom is 0.258 e. The molecular weight excluding hydrogens is 398 g/mol. The van der Waals surface area contributed by atoms with Crippen molar-refractivity contribution in [2.75, 3.05) is 11.4 Å². The van der Waals surface area contributed by atoms with Crippen LogP contribution in [-0.4, -0.2) is 18.4 Å². The molecule has 1 atom stereocenters. The van der Waals surface area contributed by atoms with E-state index in [2.05, 4.69) is 5.32 Å². The molecule has 0 saturated heterocycles. The number of halogens is 2. The molecule has 3 aromatic carbocycles. The molecule has 2 amide bonds. The molecule has 1 aliphatic rings. The Morgan fingerprint density at radius 3 is 2.19 bits per heavy atom. The van der Waals surface area contributed by atoms with Crippen LogP contribution in [0.1, 0.15) is 51.2 Å². The SMILES string of the molecule is C[C@@H](NC(=O)c1ccc2c(c1)CCCN2C(=O)c1ccc(F)cc1)c1ccc(F)cc1. The van der Waals surface area contributed by atoms with E-state index in [0.29, 0.717) is 17.7 Å². The Morgan fingerprint density at radius 2 is 1.52 bits per heavy atom. The Bertz CT molecular complexity index is 1110. The van der Waals surface area contributed by atoms with Gasteiger partial charge in [-0.1, -0.05) is 12.1 Å². The molecule has 1 N–H and O–H groups in total. The van der Waals surface area contributed by atoms with Crippen LogP contribution < -0.4 is 10.2 Å². The summed E-state index contributed by atoms with van der Waals surface area (Å²) in [5.41, 5.74) is 3.42. The van der Waals surface area contributed by atoms with Gasteiger partial charge >= 0.3 is 0 Å². The van der Waals surface area contributed by atoms with Crippen molar-refractivity contribution in [1.29, 1.82) is 0 Å². The molecule has 31 heavy (non-hydrogen) atoms. The number of fused-ring (bicyclic) bond motifs is 1. The van der Waals surface area contributed by atoms with Crippen molar-refractivity contribution < 1.29 is 18.4 Å². The molecule has 4 nitrogen and oxygen atoms in total. The molecule has 4 rings (SSSR count). The van der Waals surface area contributed by atoms with Gasteiger partial charge in [0.05, 0.1) is 6.04 Å². The second-order valence-electron chi connectivity index (χ2n) is 7.66. The second-order valence-corrected chi connectivity index (χ2v) is 7.66. The first-order valence-electron chi connectivity index (χ1n) is 10.2. The molecular formula is C25H22F2N2O2. The van der Waals surface area contributed by atoms with Gasteiger partial charge in [0.1, 0.15) is 11.6 Å². The lowest BCUT2D eigenvalue weighted by Gasteiger charge is -2.30. The lowest BCUT2D eigenvalue weighted by Crippen LogP contribution is -2.35. The van der Waals surface area contributed by atoms with Gasteiger partial charge in [-0.25, -0.2) is 8.78 Å². The number of hydrogen-bond donors (Lipinski definition) is 1. The summed E-state index contributed by atoms with van der Waals surface area (Å²) < 4.78 is 26.3. The largest absolute Gasteiger partial charge is 0.346 e. The van der Waals surface area contributed by atoms with Gasteiger partial charge in [-0.15, -0.1) is 0 Å². The first kappa shape index (κ1) is 20.7. The Labute approximate surface area is 179 Å².